The second kappa shape index (κ2) is 3.79. The van der Waals surface area contributed by atoms with E-state index in [9.17, 15) is 4.79 Å². The van der Waals surface area contributed by atoms with Crippen LogP contribution < -0.4 is 11.1 Å². The fourth-order valence-corrected chi connectivity index (χ4v) is 1.71. The van der Waals surface area contributed by atoms with Gasteiger partial charge in [0.15, 0.2) is 0 Å². The quantitative estimate of drug-likeness (QED) is 0.707. The Morgan fingerprint density at radius 3 is 3.21 bits per heavy atom. The molecule has 14 heavy (non-hydrogen) atoms. The van der Waals surface area contributed by atoms with Gasteiger partial charge in [-0.05, 0) is 19.4 Å². The highest BCUT2D eigenvalue weighted by Crippen LogP contribution is 2.10. The molecule has 5 nitrogen and oxygen atoms in total. The predicted octanol–water partition coefficient (Wildman–Crippen LogP) is 0.248. The molecule has 1 unspecified atom stereocenters. The lowest BCUT2D eigenvalue weighted by Gasteiger charge is -2.07. The van der Waals surface area contributed by atoms with Gasteiger partial charge < -0.3 is 11.1 Å². The molecule has 0 spiro atoms. The monoisotopic (exact) mass is 194 g/mol. The van der Waals surface area contributed by atoms with Gasteiger partial charge in [0.2, 0.25) is 5.91 Å². The first kappa shape index (κ1) is 9.21. The van der Waals surface area contributed by atoms with E-state index in [4.69, 9.17) is 5.73 Å². The molecule has 2 rings (SSSR count). The highest BCUT2D eigenvalue weighted by molar-refractivity contribution is 5.79. The summed E-state index contributed by atoms with van der Waals surface area (Å²) in [5.74, 6) is 0.00102. The number of hydrogen-bond donors (Lipinski definition) is 2. The Kier molecular flexibility index (Phi) is 2.49. The third-order valence-electron chi connectivity index (χ3n) is 2.44. The Bertz CT molecular complexity index is 327. The van der Waals surface area contributed by atoms with Crippen LogP contribution in [0.25, 0.3) is 0 Å². The molecule has 0 saturated carbocycles. The van der Waals surface area contributed by atoms with Crippen molar-refractivity contribution in [2.45, 2.75) is 25.3 Å². The molecule has 1 aromatic rings. The third-order valence-corrected chi connectivity index (χ3v) is 2.44. The first-order valence-corrected chi connectivity index (χ1v) is 4.82. The van der Waals surface area contributed by atoms with E-state index in [1.165, 1.54) is 10.9 Å². The van der Waals surface area contributed by atoms with Crippen molar-refractivity contribution in [3.05, 3.63) is 12.4 Å². The number of carbonyl (C=O) groups is 1. The van der Waals surface area contributed by atoms with E-state index in [0.717, 1.165) is 19.4 Å². The van der Waals surface area contributed by atoms with Crippen molar-refractivity contribution >= 4 is 11.6 Å². The van der Waals surface area contributed by atoms with Crippen LogP contribution in [0.3, 0.4) is 0 Å². The van der Waals surface area contributed by atoms with Crippen molar-refractivity contribution in [1.29, 1.82) is 0 Å². The van der Waals surface area contributed by atoms with Crippen LogP contribution in [0.1, 0.15) is 24.1 Å². The molecule has 0 amide bonds. The summed E-state index contributed by atoms with van der Waals surface area (Å²) in [5, 5.41) is 7.14. The Morgan fingerprint density at radius 2 is 2.64 bits per heavy atom. The van der Waals surface area contributed by atoms with Crippen molar-refractivity contribution in [1.82, 2.24) is 15.1 Å². The normalized spacial score (nSPS) is 21.3. The summed E-state index contributed by atoms with van der Waals surface area (Å²) in [7, 11) is 0. The number of anilines is 1. The van der Waals surface area contributed by atoms with Gasteiger partial charge in [-0.1, -0.05) is 0 Å². The Morgan fingerprint density at radius 1 is 1.79 bits per heavy atom. The summed E-state index contributed by atoms with van der Waals surface area (Å²) in [4.78, 5) is 11.6. The van der Waals surface area contributed by atoms with Crippen LogP contribution in [0.15, 0.2) is 12.4 Å². The first-order chi connectivity index (χ1) is 6.75. The minimum Gasteiger partial charge on any atom is -0.396 e. The van der Waals surface area contributed by atoms with Crippen molar-refractivity contribution in [2.75, 3.05) is 12.3 Å². The maximum absolute atomic E-state index is 11.6. The molecule has 1 aliphatic rings. The van der Waals surface area contributed by atoms with E-state index in [1.54, 1.807) is 6.20 Å². The molecule has 76 valence electrons. The fraction of sp³-hybridized carbons (Fsp3) is 0.556. The zero-order valence-electron chi connectivity index (χ0n) is 7.94. The van der Waals surface area contributed by atoms with Crippen molar-refractivity contribution in [2.24, 2.45) is 0 Å². The van der Waals surface area contributed by atoms with Crippen molar-refractivity contribution in [3.8, 4) is 0 Å². The maximum atomic E-state index is 11.6. The van der Waals surface area contributed by atoms with Gasteiger partial charge >= 0.3 is 0 Å². The number of nitrogens with one attached hydrogen (secondary N) is 1. The highest BCUT2D eigenvalue weighted by Gasteiger charge is 2.18. The summed E-state index contributed by atoms with van der Waals surface area (Å²) in [6.45, 7) is 1.01. The summed E-state index contributed by atoms with van der Waals surface area (Å²) >= 11 is 0. The number of nitrogens with zero attached hydrogens (tertiary/aromatic N) is 2. The number of nitrogens with two attached hydrogens (primary N) is 1. The molecule has 1 saturated heterocycles. The minimum atomic E-state index is 0.00102. The summed E-state index contributed by atoms with van der Waals surface area (Å²) < 4.78 is 1.31. The largest absolute Gasteiger partial charge is 0.396 e. The number of aromatic nitrogens is 2. The van der Waals surface area contributed by atoms with Crippen LogP contribution in [0.2, 0.25) is 0 Å². The smallest absolute Gasteiger partial charge is 0.248 e. The Balaban J connectivity index is 1.95. The second-order valence-electron chi connectivity index (χ2n) is 3.61. The lowest BCUT2D eigenvalue weighted by atomic mass is 10.1. The number of rotatable bonds is 2. The minimum absolute atomic E-state index is 0.00102. The maximum Gasteiger partial charge on any atom is 0.248 e. The molecule has 0 radical (unpaired) electrons. The van der Waals surface area contributed by atoms with Crippen LogP contribution in [-0.4, -0.2) is 28.3 Å². The molecule has 2 heterocycles. The summed E-state index contributed by atoms with van der Waals surface area (Å²) in [6.07, 6.45) is 5.76. The van der Waals surface area contributed by atoms with E-state index in [0.29, 0.717) is 18.2 Å². The molecular formula is C9H14N4O. The molecule has 0 aromatic carbocycles. The SMILES string of the molecule is Nc1cnn(C(=O)CC2CCCN2)c1. The summed E-state index contributed by atoms with van der Waals surface area (Å²) in [6, 6.07) is 0.313. The number of carbonyl (C=O) groups excluding carboxylic acids is 1. The molecule has 0 aliphatic carbocycles. The lowest BCUT2D eigenvalue weighted by molar-refractivity contribution is 0.0875. The predicted molar refractivity (Wildman–Crippen MR) is 52.9 cm³/mol. The van der Waals surface area contributed by atoms with Crippen LogP contribution >= 0.6 is 0 Å². The zero-order chi connectivity index (χ0) is 9.97. The fourth-order valence-electron chi connectivity index (χ4n) is 1.71. The zero-order valence-corrected chi connectivity index (χ0v) is 7.94. The average molecular weight is 194 g/mol. The van der Waals surface area contributed by atoms with Crippen LogP contribution in [0, 0.1) is 0 Å². The standard InChI is InChI=1S/C9H14N4O/c10-7-5-12-13(6-7)9(14)4-8-2-1-3-11-8/h5-6,8,11H,1-4,10H2. The third kappa shape index (κ3) is 1.93. The lowest BCUT2D eigenvalue weighted by Crippen LogP contribution is -2.27. The first-order valence-electron chi connectivity index (χ1n) is 4.82. The van der Waals surface area contributed by atoms with Gasteiger partial charge in [0.25, 0.3) is 0 Å². The summed E-state index contributed by atoms with van der Waals surface area (Å²) in [5.41, 5.74) is 6.00. The second-order valence-corrected chi connectivity index (χ2v) is 3.61. The van der Waals surface area contributed by atoms with Crippen LogP contribution in [0.5, 0.6) is 0 Å². The van der Waals surface area contributed by atoms with E-state index in [-0.39, 0.29) is 5.91 Å². The molecule has 0 bridgehead atoms. The van der Waals surface area contributed by atoms with Crippen LogP contribution in [-0.2, 0) is 0 Å². The van der Waals surface area contributed by atoms with E-state index < -0.39 is 0 Å². The van der Waals surface area contributed by atoms with E-state index in [1.807, 2.05) is 0 Å². The van der Waals surface area contributed by atoms with Gasteiger partial charge in [-0.3, -0.25) is 4.79 Å². The van der Waals surface area contributed by atoms with Crippen LogP contribution in [0.4, 0.5) is 5.69 Å². The van der Waals surface area contributed by atoms with Gasteiger partial charge in [-0.15, -0.1) is 0 Å². The molecule has 5 heteroatoms. The van der Waals surface area contributed by atoms with Gasteiger partial charge in [0, 0.05) is 12.5 Å². The highest BCUT2D eigenvalue weighted by atomic mass is 16.2. The number of nitrogen functional groups attached to an aromatic ring is 1. The Labute approximate surface area is 82.3 Å². The molecule has 1 fully saturated rings. The molecule has 1 aliphatic heterocycles. The van der Waals surface area contributed by atoms with Gasteiger partial charge in [0.05, 0.1) is 18.1 Å². The molecular weight excluding hydrogens is 180 g/mol. The topological polar surface area (TPSA) is 72.9 Å². The average Bonchev–Trinajstić information content (AvgIpc) is 2.75. The molecule has 1 atom stereocenters. The van der Waals surface area contributed by atoms with Crippen molar-refractivity contribution < 1.29 is 4.79 Å². The Hall–Kier alpha value is -1.36. The molecule has 1 aromatic heterocycles. The van der Waals surface area contributed by atoms with Crippen molar-refractivity contribution in [3.63, 3.8) is 0 Å². The van der Waals surface area contributed by atoms with Gasteiger partial charge in [0.1, 0.15) is 0 Å². The van der Waals surface area contributed by atoms with Gasteiger partial charge in [-0.25, -0.2) is 4.68 Å². The molecule has 3 N–H and O–H groups in total. The van der Waals surface area contributed by atoms with E-state index >= 15 is 0 Å². The van der Waals surface area contributed by atoms with E-state index in [2.05, 4.69) is 10.4 Å². The van der Waals surface area contributed by atoms with Gasteiger partial charge in [-0.2, -0.15) is 5.10 Å². The number of hydrogen-bond acceptors (Lipinski definition) is 4.